The Balaban J connectivity index is 2.38. The number of hydrogen-bond donors (Lipinski definition) is 1. The fourth-order valence-electron chi connectivity index (χ4n) is 3.02. The fraction of sp³-hybridized carbons (Fsp3) is 0.364. The van der Waals surface area contributed by atoms with Crippen LogP contribution in [0.2, 0.25) is 0 Å². The Hall–Kier alpha value is -1.91. The molecule has 32 heavy (non-hydrogen) atoms. The highest BCUT2D eigenvalue weighted by Gasteiger charge is 2.30. The van der Waals surface area contributed by atoms with Crippen LogP contribution < -0.4 is 9.62 Å². The van der Waals surface area contributed by atoms with Crippen LogP contribution in [0.4, 0.5) is 5.69 Å². The zero-order valence-corrected chi connectivity index (χ0v) is 22.4. The second-order valence-corrected chi connectivity index (χ2v) is 11.5. The van der Waals surface area contributed by atoms with Crippen LogP contribution in [0, 0.1) is 0 Å². The molecular formula is C22H27Br2N3O4S. The van der Waals surface area contributed by atoms with Gasteiger partial charge >= 0.3 is 0 Å². The molecule has 0 aliphatic rings. The van der Waals surface area contributed by atoms with Crippen molar-refractivity contribution in [1.29, 1.82) is 0 Å². The summed E-state index contributed by atoms with van der Waals surface area (Å²) in [4.78, 5) is 27.5. The lowest BCUT2D eigenvalue weighted by Gasteiger charge is -2.32. The van der Waals surface area contributed by atoms with E-state index in [4.69, 9.17) is 0 Å². The largest absolute Gasteiger partial charge is 0.352 e. The average molecular weight is 589 g/mol. The van der Waals surface area contributed by atoms with E-state index in [1.54, 1.807) is 31.2 Å². The van der Waals surface area contributed by atoms with Gasteiger partial charge in [0.1, 0.15) is 12.6 Å². The van der Waals surface area contributed by atoms with Gasteiger partial charge in [0.2, 0.25) is 21.8 Å². The molecule has 0 saturated carbocycles. The van der Waals surface area contributed by atoms with Crippen LogP contribution in [-0.4, -0.2) is 50.0 Å². The van der Waals surface area contributed by atoms with Crippen molar-refractivity contribution in [3.05, 3.63) is 63.0 Å². The van der Waals surface area contributed by atoms with Gasteiger partial charge in [0, 0.05) is 21.5 Å². The van der Waals surface area contributed by atoms with E-state index >= 15 is 0 Å². The van der Waals surface area contributed by atoms with Gasteiger partial charge in [-0.15, -0.1) is 0 Å². The molecule has 0 aromatic heterocycles. The highest BCUT2D eigenvalue weighted by atomic mass is 79.9. The third kappa shape index (κ3) is 7.60. The molecule has 0 aliphatic carbocycles. The lowest BCUT2D eigenvalue weighted by Crippen LogP contribution is -2.52. The molecule has 10 heteroatoms. The van der Waals surface area contributed by atoms with Crippen LogP contribution in [0.3, 0.4) is 0 Å². The van der Waals surface area contributed by atoms with Gasteiger partial charge in [0.15, 0.2) is 0 Å². The van der Waals surface area contributed by atoms with Crippen molar-refractivity contribution in [1.82, 2.24) is 10.2 Å². The van der Waals surface area contributed by atoms with Crippen LogP contribution in [-0.2, 0) is 26.2 Å². The first-order valence-electron chi connectivity index (χ1n) is 9.96. The molecule has 0 radical (unpaired) electrons. The summed E-state index contributed by atoms with van der Waals surface area (Å²) in [5.74, 6) is -0.788. The van der Waals surface area contributed by atoms with Crippen LogP contribution in [0.1, 0.15) is 26.3 Å². The predicted octanol–water partition coefficient (Wildman–Crippen LogP) is 3.92. The van der Waals surface area contributed by atoms with Gasteiger partial charge < -0.3 is 10.2 Å². The van der Waals surface area contributed by atoms with Gasteiger partial charge in [-0.3, -0.25) is 13.9 Å². The summed E-state index contributed by atoms with van der Waals surface area (Å²) < 4.78 is 27.6. The first kappa shape index (κ1) is 26.3. The number of halogens is 2. The molecule has 174 valence electrons. The molecule has 0 bridgehead atoms. The highest BCUT2D eigenvalue weighted by molar-refractivity contribution is 9.10. The number of hydrogen-bond acceptors (Lipinski definition) is 4. The summed E-state index contributed by atoms with van der Waals surface area (Å²) in [5, 5.41) is 2.82. The van der Waals surface area contributed by atoms with E-state index in [-0.39, 0.29) is 18.5 Å². The smallest absolute Gasteiger partial charge is 0.244 e. The standard InChI is InChI=1S/C22H27Br2N3O4S/c1-15(2)25-22(29)16(3)26(13-17-8-10-18(23)11-9-17)21(28)14-27(32(4,30)31)20-7-5-6-19(24)12-20/h5-12,15-16H,13-14H2,1-4H3,(H,25,29)/t16-/m1/s1. The van der Waals surface area contributed by atoms with Gasteiger partial charge in [-0.05, 0) is 56.7 Å². The Bertz CT molecular complexity index is 1060. The molecule has 0 heterocycles. The minimum absolute atomic E-state index is 0.0937. The number of carbonyl (C=O) groups excluding carboxylic acids is 2. The van der Waals surface area contributed by atoms with Gasteiger partial charge in [-0.1, -0.05) is 50.1 Å². The molecule has 0 aliphatic heterocycles. The number of carbonyl (C=O) groups is 2. The molecule has 2 rings (SSSR count). The zero-order valence-electron chi connectivity index (χ0n) is 18.4. The molecule has 2 aromatic rings. The minimum atomic E-state index is -3.75. The third-order valence-electron chi connectivity index (χ3n) is 4.64. The average Bonchev–Trinajstić information content (AvgIpc) is 2.69. The summed E-state index contributed by atoms with van der Waals surface area (Å²) in [6, 6.07) is 13.2. The first-order chi connectivity index (χ1) is 14.9. The number of anilines is 1. The highest BCUT2D eigenvalue weighted by Crippen LogP contribution is 2.23. The summed E-state index contributed by atoms with van der Waals surface area (Å²) in [6.45, 7) is 5.05. The van der Waals surface area contributed by atoms with Crippen molar-refractivity contribution in [2.24, 2.45) is 0 Å². The van der Waals surface area contributed by atoms with E-state index in [0.29, 0.717) is 10.2 Å². The van der Waals surface area contributed by atoms with Crippen LogP contribution >= 0.6 is 31.9 Å². The van der Waals surface area contributed by atoms with E-state index in [1.807, 2.05) is 38.1 Å². The first-order valence-corrected chi connectivity index (χ1v) is 13.4. The van der Waals surface area contributed by atoms with Crippen LogP contribution in [0.5, 0.6) is 0 Å². The SMILES string of the molecule is CC(C)NC(=O)[C@@H](C)N(Cc1ccc(Br)cc1)C(=O)CN(c1cccc(Br)c1)S(C)(=O)=O. The number of amides is 2. The van der Waals surface area contributed by atoms with Crippen molar-refractivity contribution in [3.8, 4) is 0 Å². The van der Waals surface area contributed by atoms with E-state index in [0.717, 1.165) is 20.6 Å². The van der Waals surface area contributed by atoms with Crippen molar-refractivity contribution >= 4 is 59.4 Å². The van der Waals surface area contributed by atoms with Crippen LogP contribution in [0.25, 0.3) is 0 Å². The molecule has 0 saturated heterocycles. The molecule has 2 aromatic carbocycles. The summed E-state index contributed by atoms with van der Waals surface area (Å²) in [5.41, 5.74) is 1.18. The third-order valence-corrected chi connectivity index (χ3v) is 6.80. The summed E-state index contributed by atoms with van der Waals surface area (Å²) in [7, 11) is -3.75. The van der Waals surface area contributed by atoms with E-state index in [1.165, 1.54) is 4.90 Å². The van der Waals surface area contributed by atoms with Crippen LogP contribution in [0.15, 0.2) is 57.5 Å². The molecule has 7 nitrogen and oxygen atoms in total. The zero-order chi connectivity index (χ0) is 24.1. The van der Waals surface area contributed by atoms with E-state index in [2.05, 4.69) is 37.2 Å². The Labute approximate surface area is 206 Å². The van der Waals surface area contributed by atoms with Gasteiger partial charge in [0.05, 0.1) is 11.9 Å². The maximum Gasteiger partial charge on any atom is 0.244 e. The molecular weight excluding hydrogens is 562 g/mol. The number of nitrogens with one attached hydrogen (secondary N) is 1. The molecule has 0 unspecified atom stereocenters. The summed E-state index contributed by atoms with van der Waals surface area (Å²) >= 11 is 6.72. The Morgan fingerprint density at radius 3 is 2.16 bits per heavy atom. The van der Waals surface area contributed by atoms with Crippen molar-refractivity contribution in [3.63, 3.8) is 0 Å². The Morgan fingerprint density at radius 2 is 1.62 bits per heavy atom. The van der Waals surface area contributed by atoms with E-state index in [9.17, 15) is 18.0 Å². The monoisotopic (exact) mass is 587 g/mol. The van der Waals surface area contributed by atoms with Gasteiger partial charge in [-0.2, -0.15) is 0 Å². The number of rotatable bonds is 9. The van der Waals surface area contributed by atoms with Crippen molar-refractivity contribution in [2.75, 3.05) is 17.1 Å². The molecule has 1 N–H and O–H groups in total. The maximum absolute atomic E-state index is 13.4. The number of benzene rings is 2. The lowest BCUT2D eigenvalue weighted by atomic mass is 10.1. The molecule has 0 fully saturated rings. The predicted molar refractivity (Wildman–Crippen MR) is 134 cm³/mol. The van der Waals surface area contributed by atoms with Crippen molar-refractivity contribution < 1.29 is 18.0 Å². The minimum Gasteiger partial charge on any atom is -0.352 e. The molecule has 1 atom stereocenters. The second kappa shape index (κ2) is 11.3. The summed E-state index contributed by atoms with van der Waals surface area (Å²) in [6.07, 6.45) is 1.05. The van der Waals surface area contributed by atoms with Gasteiger partial charge in [-0.25, -0.2) is 8.42 Å². The second-order valence-electron chi connectivity index (χ2n) is 7.74. The lowest BCUT2D eigenvalue weighted by molar-refractivity contribution is -0.139. The quantitative estimate of drug-likeness (QED) is 0.481. The Morgan fingerprint density at radius 1 is 1.00 bits per heavy atom. The van der Waals surface area contributed by atoms with Crippen molar-refractivity contribution in [2.45, 2.75) is 39.4 Å². The number of sulfonamides is 1. The van der Waals surface area contributed by atoms with E-state index < -0.39 is 28.5 Å². The van der Waals surface area contributed by atoms with Gasteiger partial charge in [0.25, 0.3) is 0 Å². The molecule has 0 spiro atoms. The Kier molecular flexibility index (Phi) is 9.29. The fourth-order valence-corrected chi connectivity index (χ4v) is 4.51. The topological polar surface area (TPSA) is 86.8 Å². The maximum atomic E-state index is 13.4. The number of nitrogens with zero attached hydrogens (tertiary/aromatic N) is 2. The normalized spacial score (nSPS) is 12.3. The molecule has 2 amide bonds.